The lowest BCUT2D eigenvalue weighted by molar-refractivity contribution is 0.0286. The zero-order chi connectivity index (χ0) is 20.2. The van der Waals surface area contributed by atoms with Gasteiger partial charge in [0.15, 0.2) is 0 Å². The average molecular weight is 385 g/mol. The molecule has 0 amide bonds. The van der Waals surface area contributed by atoms with Gasteiger partial charge in [-0.3, -0.25) is 0 Å². The molecule has 0 fully saturated rings. The molecule has 0 aliphatic rings. The summed E-state index contributed by atoms with van der Waals surface area (Å²) in [6.45, 7) is 7.03. The zero-order valence-corrected chi connectivity index (χ0v) is 17.3. The van der Waals surface area contributed by atoms with Gasteiger partial charge in [-0.2, -0.15) is 0 Å². The van der Waals surface area contributed by atoms with E-state index in [9.17, 15) is 4.79 Å². The van der Waals surface area contributed by atoms with E-state index in [1.165, 1.54) is 12.8 Å². The number of nitrogens with zero attached hydrogens (tertiary/aromatic N) is 2. The maximum absolute atomic E-state index is 12.5. The Labute approximate surface area is 168 Å². The normalized spacial score (nSPS) is 11.8. The largest absolute Gasteiger partial charge is 0.494 e. The minimum absolute atomic E-state index is 0.304. The zero-order valence-electron chi connectivity index (χ0n) is 17.3. The van der Waals surface area contributed by atoms with Crippen LogP contribution < -0.4 is 4.74 Å². The third-order valence-electron chi connectivity index (χ3n) is 4.58. The summed E-state index contributed by atoms with van der Waals surface area (Å²) in [7, 11) is 0. The lowest BCUT2D eigenvalue weighted by atomic mass is 10.1. The maximum atomic E-state index is 12.5. The third kappa shape index (κ3) is 6.95. The van der Waals surface area contributed by atoms with E-state index >= 15 is 0 Å². The smallest absolute Gasteiger partial charge is 0.341 e. The van der Waals surface area contributed by atoms with Crippen molar-refractivity contribution >= 4 is 5.97 Å². The Morgan fingerprint density at radius 3 is 2.25 bits per heavy atom. The van der Waals surface area contributed by atoms with Crippen LogP contribution in [0.5, 0.6) is 5.75 Å². The van der Waals surface area contributed by atoms with Gasteiger partial charge in [0, 0.05) is 18.8 Å². The molecule has 5 heteroatoms. The van der Waals surface area contributed by atoms with Gasteiger partial charge in [-0.1, -0.05) is 52.2 Å². The summed E-state index contributed by atoms with van der Waals surface area (Å²) in [5, 5.41) is 0. The van der Waals surface area contributed by atoms with E-state index in [0.29, 0.717) is 12.0 Å². The molecule has 0 spiro atoms. The van der Waals surface area contributed by atoms with E-state index in [2.05, 4.69) is 23.8 Å². The van der Waals surface area contributed by atoms with Crippen LogP contribution in [0, 0.1) is 0 Å². The number of carbonyl (C=O) groups excluding carboxylic acids is 1. The van der Waals surface area contributed by atoms with Crippen LogP contribution in [0.25, 0.3) is 0 Å². The second-order valence-electron chi connectivity index (χ2n) is 6.92. The van der Waals surface area contributed by atoms with Gasteiger partial charge >= 0.3 is 5.97 Å². The van der Waals surface area contributed by atoms with Crippen LogP contribution in [-0.2, 0) is 11.2 Å². The van der Waals surface area contributed by atoms with E-state index in [1.54, 1.807) is 12.4 Å². The summed E-state index contributed by atoms with van der Waals surface area (Å²) in [6, 6.07) is 7.79. The van der Waals surface area contributed by atoms with Gasteiger partial charge in [0.05, 0.1) is 12.2 Å². The molecule has 0 aliphatic carbocycles. The highest BCUT2D eigenvalue weighted by Crippen LogP contribution is 2.25. The first-order chi connectivity index (χ1) is 13.7. The number of rotatable bonds is 12. The first-order valence-corrected chi connectivity index (χ1v) is 10.4. The van der Waals surface area contributed by atoms with Gasteiger partial charge in [-0.05, 0) is 37.0 Å². The van der Waals surface area contributed by atoms with Crippen molar-refractivity contribution in [2.75, 3.05) is 6.61 Å². The number of hydrogen-bond acceptors (Lipinski definition) is 5. The highest BCUT2D eigenvalue weighted by molar-refractivity contribution is 5.88. The fourth-order valence-corrected chi connectivity index (χ4v) is 2.83. The van der Waals surface area contributed by atoms with Crippen LogP contribution in [0.15, 0.2) is 36.7 Å². The molecular weight excluding hydrogens is 352 g/mol. The second-order valence-corrected chi connectivity index (χ2v) is 6.92. The number of ether oxygens (including phenoxy) is 2. The maximum Gasteiger partial charge on any atom is 0.341 e. The van der Waals surface area contributed by atoms with E-state index in [1.807, 2.05) is 31.2 Å². The number of aryl methyl sites for hydroxylation is 1. The van der Waals surface area contributed by atoms with E-state index in [0.717, 1.165) is 49.4 Å². The number of benzene rings is 1. The Morgan fingerprint density at radius 1 is 0.964 bits per heavy atom. The molecule has 0 aliphatic heterocycles. The summed E-state index contributed by atoms with van der Waals surface area (Å²) < 4.78 is 11.4. The summed E-state index contributed by atoms with van der Waals surface area (Å²) in [5.74, 6) is 1.21. The van der Waals surface area contributed by atoms with Gasteiger partial charge < -0.3 is 9.47 Å². The Kier molecular flexibility index (Phi) is 9.46. The molecular formula is C23H32N2O3. The van der Waals surface area contributed by atoms with Crippen molar-refractivity contribution in [1.29, 1.82) is 0 Å². The van der Waals surface area contributed by atoms with Crippen molar-refractivity contribution in [3.63, 3.8) is 0 Å². The topological polar surface area (TPSA) is 61.3 Å². The van der Waals surface area contributed by atoms with Crippen LogP contribution in [0.4, 0.5) is 0 Å². The number of hydrogen-bond donors (Lipinski definition) is 0. The molecule has 1 aromatic carbocycles. The Morgan fingerprint density at radius 2 is 1.64 bits per heavy atom. The quantitative estimate of drug-likeness (QED) is 0.347. The first-order valence-electron chi connectivity index (χ1n) is 10.4. The number of esters is 1. The molecule has 152 valence electrons. The van der Waals surface area contributed by atoms with E-state index in [-0.39, 0.29) is 6.10 Å². The molecule has 1 aromatic heterocycles. The Balaban J connectivity index is 1.92. The molecule has 0 bridgehead atoms. The van der Waals surface area contributed by atoms with Crippen LogP contribution >= 0.6 is 0 Å². The monoisotopic (exact) mass is 384 g/mol. The fraction of sp³-hybridized carbons (Fsp3) is 0.522. The molecule has 0 N–H and O–H groups in total. The molecule has 1 heterocycles. The van der Waals surface area contributed by atoms with Crippen molar-refractivity contribution in [3.8, 4) is 5.75 Å². The molecule has 5 nitrogen and oxygen atoms in total. The van der Waals surface area contributed by atoms with Crippen LogP contribution in [-0.4, -0.2) is 22.5 Å². The van der Waals surface area contributed by atoms with Gasteiger partial charge in [-0.25, -0.2) is 14.8 Å². The van der Waals surface area contributed by atoms with Crippen molar-refractivity contribution in [3.05, 3.63) is 53.6 Å². The lowest BCUT2D eigenvalue weighted by Gasteiger charge is -2.17. The van der Waals surface area contributed by atoms with Gasteiger partial charge in [0.1, 0.15) is 17.7 Å². The molecule has 2 rings (SSSR count). The molecule has 0 saturated carbocycles. The standard InChI is InChI=1S/C23H32N2O3/c1-4-7-9-15-27-20-13-11-18(12-14-20)21(6-3)28-23(26)19-16-24-22(25-17-19)10-8-5-2/h11-14,16-17,21H,4-10,15H2,1-3H3. The number of unbranched alkanes of at least 4 members (excludes halogenated alkanes) is 3. The predicted molar refractivity (Wildman–Crippen MR) is 111 cm³/mol. The predicted octanol–water partition coefficient (Wildman–Crippen LogP) is 5.70. The Hall–Kier alpha value is -2.43. The van der Waals surface area contributed by atoms with Gasteiger partial charge in [0.25, 0.3) is 0 Å². The molecule has 28 heavy (non-hydrogen) atoms. The van der Waals surface area contributed by atoms with Crippen molar-refractivity contribution in [1.82, 2.24) is 9.97 Å². The summed E-state index contributed by atoms with van der Waals surface area (Å²) in [5.41, 5.74) is 1.34. The average Bonchev–Trinajstić information content (AvgIpc) is 2.74. The minimum atomic E-state index is -0.395. The van der Waals surface area contributed by atoms with Crippen LogP contribution in [0.1, 0.15) is 87.1 Å². The van der Waals surface area contributed by atoms with Crippen LogP contribution in [0.2, 0.25) is 0 Å². The Bertz CT molecular complexity index is 699. The SMILES string of the molecule is CCCCCOc1ccc(C(CC)OC(=O)c2cnc(CCCC)nc2)cc1. The molecule has 0 saturated heterocycles. The fourth-order valence-electron chi connectivity index (χ4n) is 2.83. The highest BCUT2D eigenvalue weighted by atomic mass is 16.5. The molecule has 0 radical (unpaired) electrons. The first kappa shape index (κ1) is 21.9. The van der Waals surface area contributed by atoms with Crippen molar-refractivity contribution < 1.29 is 14.3 Å². The van der Waals surface area contributed by atoms with E-state index < -0.39 is 5.97 Å². The highest BCUT2D eigenvalue weighted by Gasteiger charge is 2.17. The van der Waals surface area contributed by atoms with Gasteiger partial charge in [-0.15, -0.1) is 0 Å². The van der Waals surface area contributed by atoms with Crippen molar-refractivity contribution in [2.45, 2.75) is 71.8 Å². The minimum Gasteiger partial charge on any atom is -0.494 e. The molecule has 2 aromatic rings. The van der Waals surface area contributed by atoms with E-state index in [4.69, 9.17) is 9.47 Å². The number of carbonyl (C=O) groups is 1. The van der Waals surface area contributed by atoms with Crippen LogP contribution in [0.3, 0.4) is 0 Å². The third-order valence-corrected chi connectivity index (χ3v) is 4.58. The second kappa shape index (κ2) is 12.1. The molecule has 1 atom stereocenters. The lowest BCUT2D eigenvalue weighted by Crippen LogP contribution is -2.12. The molecule has 1 unspecified atom stereocenters. The number of aromatic nitrogens is 2. The van der Waals surface area contributed by atoms with Gasteiger partial charge in [0.2, 0.25) is 0 Å². The van der Waals surface area contributed by atoms with Crippen molar-refractivity contribution in [2.24, 2.45) is 0 Å². The summed E-state index contributed by atoms with van der Waals surface area (Å²) >= 11 is 0. The summed E-state index contributed by atoms with van der Waals surface area (Å²) in [4.78, 5) is 21.0. The summed E-state index contributed by atoms with van der Waals surface area (Å²) in [6.07, 6.45) is 9.88.